The Morgan fingerprint density at radius 1 is 1.25 bits per heavy atom. The third-order valence-corrected chi connectivity index (χ3v) is 6.52. The van der Waals surface area contributed by atoms with E-state index in [1.807, 2.05) is 16.8 Å². The highest BCUT2D eigenvalue weighted by Crippen LogP contribution is 2.30. The van der Waals surface area contributed by atoms with E-state index >= 15 is 0 Å². The summed E-state index contributed by atoms with van der Waals surface area (Å²) in [7, 11) is -3.78. The van der Waals surface area contributed by atoms with Crippen LogP contribution in [0.5, 0.6) is 0 Å². The van der Waals surface area contributed by atoms with E-state index in [-0.39, 0.29) is 26.5 Å². The van der Waals surface area contributed by atoms with Crippen molar-refractivity contribution < 1.29 is 13.2 Å². The van der Waals surface area contributed by atoms with Gasteiger partial charge in [0.15, 0.2) is 0 Å². The summed E-state index contributed by atoms with van der Waals surface area (Å²) in [4.78, 5) is 12.2. The van der Waals surface area contributed by atoms with E-state index in [9.17, 15) is 13.2 Å². The Morgan fingerprint density at radius 2 is 2.00 bits per heavy atom. The molecule has 0 aliphatic heterocycles. The molecule has 0 bridgehead atoms. The zero-order valence-corrected chi connectivity index (χ0v) is 15.5. The van der Waals surface area contributed by atoms with Crippen LogP contribution < -0.4 is 10.0 Å². The Morgan fingerprint density at radius 3 is 2.62 bits per heavy atom. The molecule has 1 aliphatic rings. The van der Waals surface area contributed by atoms with E-state index in [4.69, 9.17) is 23.2 Å². The van der Waals surface area contributed by atoms with Crippen molar-refractivity contribution in [2.75, 3.05) is 0 Å². The van der Waals surface area contributed by atoms with Crippen molar-refractivity contribution in [3.8, 4) is 0 Å². The molecule has 5 nitrogen and oxygen atoms in total. The summed E-state index contributed by atoms with van der Waals surface area (Å²) in [6.07, 6.45) is 1.61. The first kappa shape index (κ1) is 17.7. The zero-order valence-electron chi connectivity index (χ0n) is 12.4. The number of carbonyl (C=O) groups excluding carboxylic acids is 1. The predicted molar refractivity (Wildman–Crippen MR) is 95.3 cm³/mol. The predicted octanol–water partition coefficient (Wildman–Crippen LogP) is 3.43. The molecule has 0 spiro atoms. The van der Waals surface area contributed by atoms with Gasteiger partial charge in [0.1, 0.15) is 4.90 Å². The molecule has 128 valence electrons. The first-order valence-electron chi connectivity index (χ1n) is 7.17. The van der Waals surface area contributed by atoms with Crippen LogP contribution in [0.1, 0.15) is 28.8 Å². The quantitative estimate of drug-likeness (QED) is 0.773. The average Bonchev–Trinajstić information content (AvgIpc) is 3.15. The molecule has 1 amide bonds. The van der Waals surface area contributed by atoms with E-state index in [0.717, 1.165) is 18.4 Å². The molecular formula is C15H14Cl2N2O3S2. The number of thiophene rings is 1. The van der Waals surface area contributed by atoms with E-state index in [2.05, 4.69) is 10.0 Å². The number of sulfonamides is 1. The number of rotatable bonds is 6. The normalized spacial score (nSPS) is 14.6. The molecule has 0 saturated heterocycles. The standard InChI is InChI=1S/C15H14Cl2N2O3S2/c16-12-6-13(17)14(24(21,22)19-10-1-2-10)5-11(12)15(20)18-7-9-3-4-23-8-9/h3-6,8,10,19H,1-2,7H2,(H,18,20). The molecule has 1 aliphatic carbocycles. The van der Waals surface area contributed by atoms with Gasteiger partial charge in [0, 0.05) is 12.6 Å². The second kappa shape index (κ2) is 7.01. The van der Waals surface area contributed by atoms with Crippen molar-refractivity contribution in [3.05, 3.63) is 50.1 Å². The van der Waals surface area contributed by atoms with Gasteiger partial charge in [-0.1, -0.05) is 23.2 Å². The first-order chi connectivity index (χ1) is 11.4. The highest BCUT2D eigenvalue weighted by molar-refractivity contribution is 7.89. The molecule has 3 rings (SSSR count). The van der Waals surface area contributed by atoms with Gasteiger partial charge in [-0.15, -0.1) is 0 Å². The molecule has 1 saturated carbocycles. The second-order valence-electron chi connectivity index (χ2n) is 5.47. The fourth-order valence-corrected chi connectivity index (χ4v) is 4.90. The van der Waals surface area contributed by atoms with E-state index in [1.165, 1.54) is 23.5 Å². The van der Waals surface area contributed by atoms with E-state index in [1.54, 1.807) is 0 Å². The van der Waals surface area contributed by atoms with Crippen LogP contribution >= 0.6 is 34.5 Å². The molecule has 0 atom stereocenters. The van der Waals surface area contributed by atoms with Gasteiger partial charge in [-0.05, 0) is 47.4 Å². The maximum atomic E-state index is 12.4. The lowest BCUT2D eigenvalue weighted by Crippen LogP contribution is -2.27. The summed E-state index contributed by atoms with van der Waals surface area (Å²) in [5.41, 5.74) is 1.04. The van der Waals surface area contributed by atoms with Gasteiger partial charge in [-0.3, -0.25) is 4.79 Å². The molecule has 0 radical (unpaired) electrons. The highest BCUT2D eigenvalue weighted by Gasteiger charge is 2.30. The molecule has 1 heterocycles. The van der Waals surface area contributed by atoms with Crippen LogP contribution in [0.15, 0.2) is 33.9 Å². The molecule has 0 unspecified atom stereocenters. The summed E-state index contributed by atoms with van der Waals surface area (Å²) in [5, 5.41) is 6.64. The summed E-state index contributed by atoms with van der Waals surface area (Å²) >= 11 is 13.6. The van der Waals surface area contributed by atoms with Crippen LogP contribution in [-0.4, -0.2) is 20.4 Å². The minimum atomic E-state index is -3.78. The number of hydrogen-bond acceptors (Lipinski definition) is 4. The van der Waals surface area contributed by atoms with Crippen molar-refractivity contribution in [3.63, 3.8) is 0 Å². The van der Waals surface area contributed by atoms with Crippen molar-refractivity contribution in [1.82, 2.24) is 10.0 Å². The zero-order chi connectivity index (χ0) is 17.3. The van der Waals surface area contributed by atoms with Crippen LogP contribution in [0, 0.1) is 0 Å². The van der Waals surface area contributed by atoms with Gasteiger partial charge < -0.3 is 5.32 Å². The van der Waals surface area contributed by atoms with Crippen molar-refractivity contribution in [1.29, 1.82) is 0 Å². The van der Waals surface area contributed by atoms with Gasteiger partial charge in [0.2, 0.25) is 10.0 Å². The number of carbonyl (C=O) groups is 1. The molecule has 1 aromatic heterocycles. The summed E-state index contributed by atoms with van der Waals surface area (Å²) < 4.78 is 27.3. The minimum Gasteiger partial charge on any atom is -0.348 e. The largest absolute Gasteiger partial charge is 0.348 e. The number of halogens is 2. The van der Waals surface area contributed by atoms with Crippen molar-refractivity contribution >= 4 is 50.5 Å². The average molecular weight is 405 g/mol. The molecule has 24 heavy (non-hydrogen) atoms. The molecule has 1 aromatic carbocycles. The Kier molecular flexibility index (Phi) is 5.17. The van der Waals surface area contributed by atoms with Gasteiger partial charge >= 0.3 is 0 Å². The molecule has 9 heteroatoms. The summed E-state index contributed by atoms with van der Waals surface area (Å²) in [6.45, 7) is 0.337. The second-order valence-corrected chi connectivity index (χ2v) is 8.75. The van der Waals surface area contributed by atoms with E-state index in [0.29, 0.717) is 6.54 Å². The van der Waals surface area contributed by atoms with Crippen molar-refractivity contribution in [2.24, 2.45) is 0 Å². The SMILES string of the molecule is O=C(NCc1ccsc1)c1cc(S(=O)(=O)NC2CC2)c(Cl)cc1Cl. The van der Waals surface area contributed by atoms with Crippen LogP contribution in [0.2, 0.25) is 10.0 Å². The maximum Gasteiger partial charge on any atom is 0.253 e. The number of nitrogens with one attached hydrogen (secondary N) is 2. The lowest BCUT2D eigenvalue weighted by molar-refractivity contribution is 0.0951. The Hall–Kier alpha value is -1.12. The molecule has 2 N–H and O–H groups in total. The molecular weight excluding hydrogens is 391 g/mol. The summed E-state index contributed by atoms with van der Waals surface area (Å²) in [6, 6.07) is 4.34. The molecule has 2 aromatic rings. The summed E-state index contributed by atoms with van der Waals surface area (Å²) in [5.74, 6) is -0.453. The van der Waals surface area contributed by atoms with Gasteiger partial charge in [-0.25, -0.2) is 13.1 Å². The lowest BCUT2D eigenvalue weighted by atomic mass is 10.2. The van der Waals surface area contributed by atoms with Gasteiger partial charge in [0.05, 0.1) is 15.6 Å². The lowest BCUT2D eigenvalue weighted by Gasteiger charge is -2.11. The third kappa shape index (κ3) is 4.10. The smallest absolute Gasteiger partial charge is 0.253 e. The van der Waals surface area contributed by atoms with Crippen molar-refractivity contribution in [2.45, 2.75) is 30.3 Å². The monoisotopic (exact) mass is 404 g/mol. The third-order valence-electron chi connectivity index (χ3n) is 3.49. The van der Waals surface area contributed by atoms with Gasteiger partial charge in [0.25, 0.3) is 5.91 Å². The Labute approximate surface area is 154 Å². The fraction of sp³-hybridized carbons (Fsp3) is 0.267. The van der Waals surface area contributed by atoms with Crippen LogP contribution in [0.3, 0.4) is 0 Å². The van der Waals surface area contributed by atoms with Crippen LogP contribution in [-0.2, 0) is 16.6 Å². The number of benzene rings is 1. The molecule has 1 fully saturated rings. The van der Waals surface area contributed by atoms with Crippen LogP contribution in [0.4, 0.5) is 0 Å². The highest BCUT2D eigenvalue weighted by atomic mass is 35.5. The van der Waals surface area contributed by atoms with E-state index < -0.39 is 15.9 Å². The minimum absolute atomic E-state index is 0.0115. The van der Waals surface area contributed by atoms with Gasteiger partial charge in [-0.2, -0.15) is 11.3 Å². The Balaban J connectivity index is 1.84. The van der Waals surface area contributed by atoms with Crippen LogP contribution in [0.25, 0.3) is 0 Å². The maximum absolute atomic E-state index is 12.4. The topological polar surface area (TPSA) is 75.3 Å². The fourth-order valence-electron chi connectivity index (χ4n) is 2.06. The number of hydrogen-bond donors (Lipinski definition) is 2. The first-order valence-corrected chi connectivity index (χ1v) is 10.4. The Bertz CT molecular complexity index is 863. The number of amides is 1.